The first-order valence-corrected chi connectivity index (χ1v) is 7.26. The predicted molar refractivity (Wildman–Crippen MR) is 87.2 cm³/mol. The minimum atomic E-state index is 0.0379. The number of hydrogen-bond acceptors (Lipinski definition) is 1. The lowest BCUT2D eigenvalue weighted by Crippen LogP contribution is -2.35. The third kappa shape index (κ3) is 2.94. The van der Waals surface area contributed by atoms with Gasteiger partial charge >= 0.3 is 0 Å². The van der Waals surface area contributed by atoms with E-state index in [-0.39, 0.29) is 5.41 Å². The fraction of sp³-hybridized carbons (Fsp3) is 0.368. The number of rotatable bonds is 4. The minimum absolute atomic E-state index is 0.0379. The number of nitrogens with one attached hydrogen (secondary N) is 1. The maximum Gasteiger partial charge on any atom is 0.0410 e. The Morgan fingerprint density at radius 3 is 1.95 bits per heavy atom. The second-order valence-corrected chi connectivity index (χ2v) is 6.23. The smallest absolute Gasteiger partial charge is 0.0410 e. The predicted octanol–water partition coefficient (Wildman–Crippen LogP) is 4.54. The first-order valence-electron chi connectivity index (χ1n) is 7.26. The lowest BCUT2D eigenvalue weighted by Gasteiger charge is -2.35. The number of aryl methyl sites for hydroxylation is 2. The summed E-state index contributed by atoms with van der Waals surface area (Å²) in [7, 11) is 2.05. The van der Waals surface area contributed by atoms with Gasteiger partial charge < -0.3 is 5.32 Å². The van der Waals surface area contributed by atoms with Crippen LogP contribution >= 0.6 is 0 Å². The topological polar surface area (TPSA) is 12.0 Å². The quantitative estimate of drug-likeness (QED) is 0.857. The second-order valence-electron chi connectivity index (χ2n) is 6.23. The van der Waals surface area contributed by atoms with Crippen LogP contribution in [-0.2, 0) is 5.41 Å². The van der Waals surface area contributed by atoms with Gasteiger partial charge in [-0.3, -0.25) is 0 Å². The number of hydrogen-bond donors (Lipinski definition) is 1. The van der Waals surface area contributed by atoms with Crippen LogP contribution < -0.4 is 5.32 Å². The van der Waals surface area contributed by atoms with E-state index in [1.807, 2.05) is 7.05 Å². The van der Waals surface area contributed by atoms with Crippen molar-refractivity contribution >= 4 is 0 Å². The zero-order chi connectivity index (χ0) is 14.8. The van der Waals surface area contributed by atoms with E-state index in [4.69, 9.17) is 0 Å². The highest BCUT2D eigenvalue weighted by Gasteiger charge is 2.31. The summed E-state index contributed by atoms with van der Waals surface area (Å²) in [6.45, 7) is 8.94. The van der Waals surface area contributed by atoms with Gasteiger partial charge in [0.15, 0.2) is 0 Å². The summed E-state index contributed by atoms with van der Waals surface area (Å²) in [5.41, 5.74) is 5.40. The molecule has 2 aromatic carbocycles. The molecule has 106 valence electrons. The van der Waals surface area contributed by atoms with Crippen LogP contribution in [0.3, 0.4) is 0 Å². The number of likely N-dealkylation sites (N-methyl/N-ethyl adjacent to an activating group) is 1. The third-order valence-corrected chi connectivity index (χ3v) is 4.11. The zero-order valence-corrected chi connectivity index (χ0v) is 13.2. The van der Waals surface area contributed by atoms with Crippen molar-refractivity contribution in [1.29, 1.82) is 0 Å². The Kier molecular flexibility index (Phi) is 4.29. The van der Waals surface area contributed by atoms with Gasteiger partial charge in [-0.2, -0.15) is 0 Å². The van der Waals surface area contributed by atoms with Crippen molar-refractivity contribution < 1.29 is 0 Å². The monoisotopic (exact) mass is 267 g/mol. The van der Waals surface area contributed by atoms with Crippen molar-refractivity contribution in [3.63, 3.8) is 0 Å². The summed E-state index contributed by atoms with van der Waals surface area (Å²) in [6, 6.07) is 17.8. The Morgan fingerprint density at radius 1 is 0.900 bits per heavy atom. The van der Waals surface area contributed by atoms with Gasteiger partial charge in [0.2, 0.25) is 0 Å². The molecule has 0 aliphatic carbocycles. The molecule has 20 heavy (non-hydrogen) atoms. The van der Waals surface area contributed by atoms with Gasteiger partial charge in [-0.1, -0.05) is 73.5 Å². The molecule has 1 heteroatoms. The Bertz CT molecular complexity index is 549. The van der Waals surface area contributed by atoms with Gasteiger partial charge in [0.25, 0.3) is 0 Å². The lowest BCUT2D eigenvalue weighted by molar-refractivity contribution is 0.368. The molecule has 2 rings (SSSR count). The average Bonchev–Trinajstić information content (AvgIpc) is 2.39. The highest BCUT2D eigenvalue weighted by molar-refractivity contribution is 5.36. The minimum Gasteiger partial charge on any atom is -0.312 e. The molecule has 0 bridgehead atoms. The average molecular weight is 267 g/mol. The molecule has 0 spiro atoms. The van der Waals surface area contributed by atoms with Crippen LogP contribution in [0.5, 0.6) is 0 Å². The molecule has 0 aromatic heterocycles. The highest BCUT2D eigenvalue weighted by Crippen LogP contribution is 2.37. The van der Waals surface area contributed by atoms with E-state index in [1.54, 1.807) is 0 Å². The summed E-state index contributed by atoms with van der Waals surface area (Å²) < 4.78 is 0. The van der Waals surface area contributed by atoms with Gasteiger partial charge in [0.1, 0.15) is 0 Å². The molecule has 0 aliphatic rings. The van der Waals surface area contributed by atoms with Gasteiger partial charge in [-0.25, -0.2) is 0 Å². The van der Waals surface area contributed by atoms with Crippen molar-refractivity contribution in [3.8, 4) is 0 Å². The second kappa shape index (κ2) is 5.80. The summed E-state index contributed by atoms with van der Waals surface area (Å²) in [4.78, 5) is 0. The van der Waals surface area contributed by atoms with Crippen molar-refractivity contribution in [2.45, 2.75) is 39.2 Å². The molecule has 1 nitrogen and oxygen atoms in total. The first kappa shape index (κ1) is 14.8. The van der Waals surface area contributed by atoms with E-state index < -0.39 is 0 Å². The van der Waals surface area contributed by atoms with Crippen molar-refractivity contribution in [1.82, 2.24) is 5.32 Å². The SMILES string of the molecule is CNC(c1cc(C)cc(C)c1)C(C)(C)c1ccccc1. The molecule has 0 amide bonds. The molecule has 0 saturated heterocycles. The van der Waals surface area contributed by atoms with Crippen LogP contribution in [0.15, 0.2) is 48.5 Å². The van der Waals surface area contributed by atoms with Crippen LogP contribution in [0.4, 0.5) is 0 Å². The van der Waals surface area contributed by atoms with Crippen molar-refractivity contribution in [2.75, 3.05) is 7.05 Å². The molecule has 0 radical (unpaired) electrons. The fourth-order valence-corrected chi connectivity index (χ4v) is 3.16. The first-order chi connectivity index (χ1) is 9.45. The van der Waals surface area contributed by atoms with E-state index in [2.05, 4.69) is 81.5 Å². The van der Waals surface area contributed by atoms with Crippen LogP contribution in [0.2, 0.25) is 0 Å². The van der Waals surface area contributed by atoms with E-state index in [0.29, 0.717) is 6.04 Å². The molecule has 0 saturated carbocycles. The molecule has 1 atom stereocenters. The molecule has 2 aromatic rings. The maximum atomic E-state index is 3.51. The standard InChI is InChI=1S/C19H25N/c1-14-11-15(2)13-16(12-14)18(20-5)19(3,4)17-9-7-6-8-10-17/h6-13,18,20H,1-5H3. The van der Waals surface area contributed by atoms with E-state index in [0.717, 1.165) is 0 Å². The zero-order valence-electron chi connectivity index (χ0n) is 13.2. The Labute approximate surface area is 123 Å². The lowest BCUT2D eigenvalue weighted by atomic mass is 9.74. The van der Waals surface area contributed by atoms with Gasteiger partial charge in [0, 0.05) is 11.5 Å². The summed E-state index contributed by atoms with van der Waals surface area (Å²) in [6.07, 6.45) is 0. The maximum absolute atomic E-state index is 3.51. The van der Waals surface area contributed by atoms with Crippen molar-refractivity contribution in [3.05, 3.63) is 70.8 Å². The van der Waals surface area contributed by atoms with Crippen LogP contribution in [0.1, 0.15) is 42.1 Å². The largest absolute Gasteiger partial charge is 0.312 e. The van der Waals surface area contributed by atoms with E-state index in [9.17, 15) is 0 Å². The normalized spacial score (nSPS) is 13.2. The molecule has 0 heterocycles. The molecule has 0 fully saturated rings. The van der Waals surface area contributed by atoms with Crippen molar-refractivity contribution in [2.24, 2.45) is 0 Å². The van der Waals surface area contributed by atoms with Crippen LogP contribution in [0, 0.1) is 13.8 Å². The molecule has 1 unspecified atom stereocenters. The molecular formula is C19H25N. The summed E-state index contributed by atoms with van der Waals surface area (Å²) in [5.74, 6) is 0. The molecule has 1 N–H and O–H groups in total. The fourth-order valence-electron chi connectivity index (χ4n) is 3.16. The summed E-state index contributed by atoms with van der Waals surface area (Å²) >= 11 is 0. The van der Waals surface area contributed by atoms with Gasteiger partial charge in [-0.05, 0) is 32.0 Å². The third-order valence-electron chi connectivity index (χ3n) is 4.11. The van der Waals surface area contributed by atoms with Gasteiger partial charge in [-0.15, -0.1) is 0 Å². The van der Waals surface area contributed by atoms with E-state index in [1.165, 1.54) is 22.3 Å². The summed E-state index contributed by atoms with van der Waals surface area (Å²) in [5, 5.41) is 3.51. The Hall–Kier alpha value is -1.60. The Balaban J connectivity index is 2.46. The van der Waals surface area contributed by atoms with Crippen LogP contribution in [-0.4, -0.2) is 7.05 Å². The van der Waals surface area contributed by atoms with E-state index >= 15 is 0 Å². The Morgan fingerprint density at radius 2 is 1.45 bits per heavy atom. The van der Waals surface area contributed by atoms with Gasteiger partial charge in [0.05, 0.1) is 0 Å². The molecular weight excluding hydrogens is 242 g/mol. The highest BCUT2D eigenvalue weighted by atomic mass is 14.9. The number of benzene rings is 2. The molecule has 0 aliphatic heterocycles. The van der Waals surface area contributed by atoms with Crippen LogP contribution in [0.25, 0.3) is 0 Å².